The van der Waals surface area contributed by atoms with Crippen molar-refractivity contribution >= 4 is 29.2 Å². The molecule has 31 heavy (non-hydrogen) atoms. The van der Waals surface area contributed by atoms with Crippen LogP contribution in [0.4, 0.5) is 22.0 Å². The lowest BCUT2D eigenvalue weighted by atomic mass is 10.2. The zero-order valence-electron chi connectivity index (χ0n) is 17.5. The normalized spacial score (nSPS) is 14.0. The largest absolute Gasteiger partial charge is 0.462 e. The number of benzene rings is 1. The molecule has 1 aliphatic heterocycles. The van der Waals surface area contributed by atoms with E-state index in [1.165, 1.54) is 18.3 Å². The van der Waals surface area contributed by atoms with E-state index in [2.05, 4.69) is 15.2 Å². The first-order chi connectivity index (χ1) is 14.9. The monoisotopic (exact) mass is 427 g/mol. The van der Waals surface area contributed by atoms with Gasteiger partial charge in [-0.25, -0.2) is 14.6 Å². The lowest BCUT2D eigenvalue weighted by Crippen LogP contribution is -2.38. The Kier molecular flexibility index (Phi) is 7.01. The molecule has 0 unspecified atom stereocenters. The van der Waals surface area contributed by atoms with Gasteiger partial charge in [0.15, 0.2) is 0 Å². The van der Waals surface area contributed by atoms with Crippen LogP contribution >= 0.6 is 0 Å². The predicted octanol–water partition coefficient (Wildman–Crippen LogP) is 3.22. The number of carbonyl (C=O) groups is 2. The van der Waals surface area contributed by atoms with Gasteiger partial charge in [-0.05, 0) is 38.0 Å². The first-order valence-electron chi connectivity index (χ1n) is 10.1. The van der Waals surface area contributed by atoms with Crippen LogP contribution in [0.3, 0.4) is 0 Å². The second-order valence-corrected chi connectivity index (χ2v) is 7.14. The van der Waals surface area contributed by atoms with Crippen molar-refractivity contribution in [1.82, 2.24) is 9.88 Å². The van der Waals surface area contributed by atoms with Crippen LogP contribution in [0.15, 0.2) is 36.5 Å². The summed E-state index contributed by atoms with van der Waals surface area (Å²) in [4.78, 5) is 43.1. The zero-order chi connectivity index (χ0) is 22.4. The third kappa shape index (κ3) is 5.47. The first-order valence-corrected chi connectivity index (χ1v) is 10.1. The summed E-state index contributed by atoms with van der Waals surface area (Å²) in [5.74, 6) is 0.321. The fraction of sp³-hybridized carbons (Fsp3) is 0.381. The molecular formula is C21H25N5O5. The molecule has 0 spiro atoms. The number of esters is 1. The molecule has 2 heterocycles. The quantitative estimate of drug-likeness (QED) is 0.442. The Morgan fingerprint density at radius 2 is 2.00 bits per heavy atom. The van der Waals surface area contributed by atoms with Crippen molar-refractivity contribution in [3.63, 3.8) is 0 Å². The SMILES string of the molecule is CCOC(=O)c1ccc(N2CCCN(C(=O)Nc3cc([N+](=O)[O-])ccc3C)CC2)nc1. The molecule has 2 aromatic rings. The van der Waals surface area contributed by atoms with Crippen LogP contribution in [0.2, 0.25) is 0 Å². The number of amides is 2. The molecule has 1 fully saturated rings. The Balaban J connectivity index is 1.62. The molecule has 2 amide bonds. The molecule has 10 heteroatoms. The molecule has 1 aromatic carbocycles. The topological polar surface area (TPSA) is 118 Å². The molecule has 3 rings (SSSR count). The smallest absolute Gasteiger partial charge is 0.339 e. The van der Waals surface area contributed by atoms with Crippen LogP contribution in [-0.2, 0) is 4.74 Å². The maximum absolute atomic E-state index is 12.7. The van der Waals surface area contributed by atoms with Crippen LogP contribution in [0, 0.1) is 17.0 Å². The number of nitrogens with one attached hydrogen (secondary N) is 1. The average Bonchev–Trinajstić information content (AvgIpc) is 3.02. The number of aromatic nitrogens is 1. The summed E-state index contributed by atoms with van der Waals surface area (Å²) in [6.07, 6.45) is 2.23. The zero-order valence-corrected chi connectivity index (χ0v) is 17.5. The number of nitro groups is 1. The number of anilines is 2. The summed E-state index contributed by atoms with van der Waals surface area (Å²) in [5, 5.41) is 13.8. The molecule has 0 saturated carbocycles. The molecule has 10 nitrogen and oxygen atoms in total. The standard InChI is InChI=1S/C21H25N5O5/c1-3-31-20(27)16-6-8-19(22-14-16)24-9-4-10-25(12-11-24)21(28)23-18-13-17(26(29)30)7-5-15(18)2/h5-8,13-14H,3-4,9-12H2,1-2H3,(H,23,28). The maximum atomic E-state index is 12.7. The Labute approximate surface area is 180 Å². The molecule has 1 aliphatic rings. The molecule has 0 bridgehead atoms. The lowest BCUT2D eigenvalue weighted by molar-refractivity contribution is -0.384. The summed E-state index contributed by atoms with van der Waals surface area (Å²) in [6, 6.07) is 7.55. The molecule has 0 atom stereocenters. The van der Waals surface area contributed by atoms with Gasteiger partial charge in [0.1, 0.15) is 5.82 Å². The number of nitro benzene ring substituents is 1. The number of aryl methyl sites for hydroxylation is 1. The second kappa shape index (κ2) is 9.88. The van der Waals surface area contributed by atoms with Crippen LogP contribution in [0.1, 0.15) is 29.3 Å². The number of pyridine rings is 1. The van der Waals surface area contributed by atoms with Gasteiger partial charge in [-0.2, -0.15) is 0 Å². The van der Waals surface area contributed by atoms with Gasteiger partial charge >= 0.3 is 12.0 Å². The van der Waals surface area contributed by atoms with Gasteiger partial charge in [0.25, 0.3) is 5.69 Å². The lowest BCUT2D eigenvalue weighted by Gasteiger charge is -2.23. The van der Waals surface area contributed by atoms with Gasteiger partial charge in [-0.3, -0.25) is 10.1 Å². The van der Waals surface area contributed by atoms with E-state index in [4.69, 9.17) is 4.74 Å². The van der Waals surface area contributed by atoms with Gasteiger partial charge in [0.2, 0.25) is 0 Å². The number of carbonyl (C=O) groups excluding carboxylic acids is 2. The van der Waals surface area contributed by atoms with E-state index in [1.807, 2.05) is 0 Å². The number of hydrogen-bond acceptors (Lipinski definition) is 7. The minimum atomic E-state index is -0.487. The Hall–Kier alpha value is -3.69. The Morgan fingerprint density at radius 3 is 2.68 bits per heavy atom. The van der Waals surface area contributed by atoms with E-state index in [0.717, 1.165) is 17.8 Å². The molecule has 1 aromatic heterocycles. The van der Waals surface area contributed by atoms with Crippen molar-refractivity contribution in [3.05, 3.63) is 57.8 Å². The number of hydrogen-bond donors (Lipinski definition) is 1. The van der Waals surface area contributed by atoms with Crippen molar-refractivity contribution in [1.29, 1.82) is 0 Å². The van der Waals surface area contributed by atoms with Gasteiger partial charge in [0, 0.05) is 44.5 Å². The number of ether oxygens (including phenoxy) is 1. The van der Waals surface area contributed by atoms with E-state index in [9.17, 15) is 19.7 Å². The minimum Gasteiger partial charge on any atom is -0.462 e. The summed E-state index contributed by atoms with van der Waals surface area (Å²) >= 11 is 0. The van der Waals surface area contributed by atoms with Crippen LogP contribution in [-0.4, -0.2) is 59.6 Å². The van der Waals surface area contributed by atoms with Crippen molar-refractivity contribution in [2.45, 2.75) is 20.3 Å². The molecule has 0 aliphatic carbocycles. The van der Waals surface area contributed by atoms with Crippen LogP contribution in [0.5, 0.6) is 0 Å². The van der Waals surface area contributed by atoms with Gasteiger partial charge in [-0.15, -0.1) is 0 Å². The van der Waals surface area contributed by atoms with Crippen molar-refractivity contribution in [3.8, 4) is 0 Å². The summed E-state index contributed by atoms with van der Waals surface area (Å²) in [5.41, 5.74) is 1.51. The fourth-order valence-electron chi connectivity index (χ4n) is 3.31. The molecular weight excluding hydrogens is 402 g/mol. The Bertz CT molecular complexity index is 963. The van der Waals surface area contributed by atoms with E-state index in [-0.39, 0.29) is 11.7 Å². The van der Waals surface area contributed by atoms with Gasteiger partial charge in [0.05, 0.1) is 22.8 Å². The highest BCUT2D eigenvalue weighted by atomic mass is 16.6. The van der Waals surface area contributed by atoms with Crippen LogP contribution < -0.4 is 10.2 Å². The van der Waals surface area contributed by atoms with Gasteiger partial charge in [-0.1, -0.05) is 6.07 Å². The highest BCUT2D eigenvalue weighted by molar-refractivity contribution is 5.91. The van der Waals surface area contributed by atoms with Crippen LogP contribution in [0.25, 0.3) is 0 Å². The number of non-ortho nitro benzene ring substituents is 1. The fourth-order valence-corrected chi connectivity index (χ4v) is 3.31. The molecule has 0 radical (unpaired) electrons. The highest BCUT2D eigenvalue weighted by Gasteiger charge is 2.21. The average molecular weight is 427 g/mol. The second-order valence-electron chi connectivity index (χ2n) is 7.14. The van der Waals surface area contributed by atoms with E-state index >= 15 is 0 Å². The van der Waals surface area contributed by atoms with E-state index in [0.29, 0.717) is 44.0 Å². The molecule has 164 valence electrons. The predicted molar refractivity (Wildman–Crippen MR) is 115 cm³/mol. The van der Waals surface area contributed by atoms with Crippen molar-refractivity contribution < 1.29 is 19.2 Å². The number of nitrogens with zero attached hydrogens (tertiary/aromatic N) is 4. The number of rotatable bonds is 5. The molecule has 1 N–H and O–H groups in total. The van der Waals surface area contributed by atoms with Crippen molar-refractivity contribution in [2.24, 2.45) is 0 Å². The Morgan fingerprint density at radius 1 is 1.19 bits per heavy atom. The van der Waals surface area contributed by atoms with E-state index < -0.39 is 10.9 Å². The van der Waals surface area contributed by atoms with Crippen molar-refractivity contribution in [2.75, 3.05) is 43.0 Å². The summed E-state index contributed by atoms with van der Waals surface area (Å²) in [6.45, 7) is 6.16. The third-order valence-corrected chi connectivity index (χ3v) is 5.04. The minimum absolute atomic E-state index is 0.0692. The number of urea groups is 1. The highest BCUT2D eigenvalue weighted by Crippen LogP contribution is 2.22. The summed E-state index contributed by atoms with van der Waals surface area (Å²) in [7, 11) is 0. The summed E-state index contributed by atoms with van der Waals surface area (Å²) < 4.78 is 4.97. The maximum Gasteiger partial charge on any atom is 0.339 e. The molecule has 1 saturated heterocycles. The van der Waals surface area contributed by atoms with Gasteiger partial charge < -0.3 is 19.9 Å². The van der Waals surface area contributed by atoms with E-state index in [1.54, 1.807) is 36.9 Å². The third-order valence-electron chi connectivity index (χ3n) is 5.04. The first kappa shape index (κ1) is 22.0.